The van der Waals surface area contributed by atoms with E-state index in [-0.39, 0.29) is 22.6 Å². The van der Waals surface area contributed by atoms with Crippen LogP contribution in [0.25, 0.3) is 0 Å². The molecule has 1 N–H and O–H groups in total. The zero-order valence-corrected chi connectivity index (χ0v) is 19.2. The van der Waals surface area contributed by atoms with E-state index < -0.39 is 64.5 Å². The van der Waals surface area contributed by atoms with Crippen LogP contribution in [0.3, 0.4) is 0 Å². The molecule has 2 heterocycles. The molecule has 0 saturated heterocycles. The van der Waals surface area contributed by atoms with E-state index in [2.05, 4.69) is 15.0 Å². The number of nitrogens with zero attached hydrogens (tertiary/aromatic N) is 4. The molecule has 0 aliphatic rings. The molecule has 3 rings (SSSR count). The van der Waals surface area contributed by atoms with Crippen LogP contribution in [-0.4, -0.2) is 25.7 Å². The highest BCUT2D eigenvalue weighted by atomic mass is 19.4. The molecule has 0 aliphatic heterocycles. The van der Waals surface area contributed by atoms with Gasteiger partial charge in [0.05, 0.1) is 30.1 Å². The van der Waals surface area contributed by atoms with E-state index in [0.717, 1.165) is 13.0 Å². The second kappa shape index (κ2) is 9.68. The highest BCUT2D eigenvalue weighted by molar-refractivity contribution is 5.51. The first-order valence-corrected chi connectivity index (χ1v) is 10.2. The summed E-state index contributed by atoms with van der Waals surface area (Å²) in [5.74, 6) is -7.83. The summed E-state index contributed by atoms with van der Waals surface area (Å²) in [5, 5.41) is 9.20. The molecule has 37 heavy (non-hydrogen) atoms. The first-order valence-electron chi connectivity index (χ1n) is 10.2. The molecule has 2 aromatic heterocycles. The Hall–Kier alpha value is -4.22. The van der Waals surface area contributed by atoms with Gasteiger partial charge in [-0.1, -0.05) is 0 Å². The Balaban J connectivity index is 2.28. The van der Waals surface area contributed by atoms with Crippen molar-refractivity contribution in [2.24, 2.45) is 0 Å². The Morgan fingerprint density at radius 2 is 1.78 bits per heavy atom. The van der Waals surface area contributed by atoms with Crippen LogP contribution in [0.5, 0.6) is 11.5 Å². The largest absolute Gasteiger partial charge is 0.459 e. The quantitative estimate of drug-likeness (QED) is 0.467. The number of aromatic amines is 1. The van der Waals surface area contributed by atoms with Crippen molar-refractivity contribution in [3.63, 3.8) is 0 Å². The summed E-state index contributed by atoms with van der Waals surface area (Å²) in [4.78, 5) is 34.9. The third kappa shape index (κ3) is 5.18. The summed E-state index contributed by atoms with van der Waals surface area (Å²) in [7, 11) is 0. The molecule has 0 radical (unpaired) electrons. The molecule has 196 valence electrons. The summed E-state index contributed by atoms with van der Waals surface area (Å²) < 4.78 is 100. The van der Waals surface area contributed by atoms with E-state index >= 15 is 0 Å². The zero-order valence-electron chi connectivity index (χ0n) is 19.2. The Bertz CT molecular complexity index is 1520. The van der Waals surface area contributed by atoms with Crippen molar-refractivity contribution in [3.8, 4) is 17.6 Å². The number of hydrogen-bond acceptors (Lipinski definition) is 6. The fourth-order valence-corrected chi connectivity index (χ4v) is 3.31. The van der Waals surface area contributed by atoms with Gasteiger partial charge in [-0.25, -0.2) is 18.7 Å². The minimum atomic E-state index is -6.21. The Kier molecular flexibility index (Phi) is 7.16. The molecule has 8 nitrogen and oxygen atoms in total. The van der Waals surface area contributed by atoms with E-state index in [1.807, 2.05) is 0 Å². The normalized spacial score (nSPS) is 12.1. The highest BCUT2D eigenvalue weighted by Crippen LogP contribution is 2.46. The molecule has 0 atom stereocenters. The monoisotopic (exact) mass is 531 g/mol. The summed E-state index contributed by atoms with van der Waals surface area (Å²) in [6.07, 6.45) is -9.00. The maximum atomic E-state index is 14.3. The van der Waals surface area contributed by atoms with Crippen molar-refractivity contribution in [2.75, 3.05) is 0 Å². The van der Waals surface area contributed by atoms with Crippen molar-refractivity contribution in [1.82, 2.24) is 19.5 Å². The number of ether oxygens (including phenoxy) is 1. The molecule has 0 fully saturated rings. The van der Waals surface area contributed by atoms with Crippen LogP contribution in [0.2, 0.25) is 0 Å². The van der Waals surface area contributed by atoms with Crippen LogP contribution < -0.4 is 15.9 Å². The fraction of sp³-hybridized carbons (Fsp3) is 0.318. The van der Waals surface area contributed by atoms with Crippen LogP contribution in [0.15, 0.2) is 28.0 Å². The number of benzene rings is 1. The smallest absolute Gasteiger partial charge is 0.449 e. The fourth-order valence-electron chi connectivity index (χ4n) is 3.31. The van der Waals surface area contributed by atoms with Crippen LogP contribution in [-0.2, 0) is 12.5 Å². The number of halogens is 7. The lowest BCUT2D eigenvalue weighted by Crippen LogP contribution is -2.38. The van der Waals surface area contributed by atoms with E-state index in [1.54, 1.807) is 6.07 Å². The van der Waals surface area contributed by atoms with Crippen molar-refractivity contribution < 1.29 is 35.5 Å². The van der Waals surface area contributed by atoms with Gasteiger partial charge >= 0.3 is 12.1 Å². The first kappa shape index (κ1) is 27.4. The third-order valence-corrected chi connectivity index (χ3v) is 5.29. The van der Waals surface area contributed by atoms with Gasteiger partial charge in [0.1, 0.15) is 11.6 Å². The van der Waals surface area contributed by atoms with Gasteiger partial charge in [0.25, 0.3) is 17.5 Å². The number of aryl methyl sites for hydroxylation is 2. The molecular formula is C22H16F7N5O3. The standard InChI is InChI=1S/C22H16F7N5O3/c1-9-13(6-30)4-12(18(23)24)5-15(9)37-16-17(21(25,26)22(27,28)29)31-8-34(20(16)36)7-14-10(2)32-11(3)33-19(14)35/h4-5,8,18H,7H2,1-3H3,(H,32,33,35). The van der Waals surface area contributed by atoms with E-state index in [9.17, 15) is 45.6 Å². The Morgan fingerprint density at radius 3 is 2.32 bits per heavy atom. The van der Waals surface area contributed by atoms with Gasteiger partial charge in [0.2, 0.25) is 5.75 Å². The average molecular weight is 531 g/mol. The molecule has 0 unspecified atom stereocenters. The lowest BCUT2D eigenvalue weighted by Gasteiger charge is -2.22. The van der Waals surface area contributed by atoms with Gasteiger partial charge in [-0.05, 0) is 32.9 Å². The molecule has 0 amide bonds. The van der Waals surface area contributed by atoms with Crippen molar-refractivity contribution in [3.05, 3.63) is 78.6 Å². The second-order valence-electron chi connectivity index (χ2n) is 7.85. The summed E-state index contributed by atoms with van der Waals surface area (Å²) in [6, 6.07) is 2.96. The minimum absolute atomic E-state index is 0.126. The number of nitriles is 1. The molecule has 0 spiro atoms. The van der Waals surface area contributed by atoms with E-state index in [1.165, 1.54) is 13.8 Å². The third-order valence-electron chi connectivity index (χ3n) is 5.29. The number of H-pyrrole nitrogens is 1. The van der Waals surface area contributed by atoms with Crippen molar-refractivity contribution >= 4 is 0 Å². The lowest BCUT2D eigenvalue weighted by molar-refractivity contribution is -0.291. The topological polar surface area (TPSA) is 114 Å². The summed E-state index contributed by atoms with van der Waals surface area (Å²) in [5.41, 5.74) is -5.81. The second-order valence-corrected chi connectivity index (χ2v) is 7.85. The maximum Gasteiger partial charge on any atom is 0.459 e. The van der Waals surface area contributed by atoms with Gasteiger partial charge in [-0.15, -0.1) is 0 Å². The van der Waals surface area contributed by atoms with Crippen molar-refractivity contribution in [1.29, 1.82) is 5.26 Å². The number of alkyl halides is 7. The first-order chi connectivity index (χ1) is 17.1. The van der Waals surface area contributed by atoms with Crippen LogP contribution >= 0.6 is 0 Å². The lowest BCUT2D eigenvalue weighted by atomic mass is 10.0. The van der Waals surface area contributed by atoms with E-state index in [0.29, 0.717) is 17.0 Å². The van der Waals surface area contributed by atoms with Gasteiger partial charge in [-0.3, -0.25) is 14.2 Å². The number of hydrogen-bond donors (Lipinski definition) is 1. The maximum absolute atomic E-state index is 14.3. The predicted molar refractivity (Wildman–Crippen MR) is 113 cm³/mol. The molecule has 1 aromatic carbocycles. The molecule has 15 heteroatoms. The van der Waals surface area contributed by atoms with Gasteiger partial charge in [-0.2, -0.15) is 27.2 Å². The highest BCUT2D eigenvalue weighted by Gasteiger charge is 2.62. The number of rotatable bonds is 6. The van der Waals surface area contributed by atoms with Crippen molar-refractivity contribution in [2.45, 2.75) is 45.8 Å². The minimum Gasteiger partial charge on any atom is -0.449 e. The molecular weight excluding hydrogens is 515 g/mol. The van der Waals surface area contributed by atoms with Crippen LogP contribution in [0.1, 0.15) is 45.9 Å². The molecule has 0 bridgehead atoms. The predicted octanol–water partition coefficient (Wildman–Crippen LogP) is 4.56. The van der Waals surface area contributed by atoms with Gasteiger partial charge in [0.15, 0.2) is 5.69 Å². The molecule has 0 aliphatic carbocycles. The molecule has 3 aromatic rings. The molecule has 0 saturated carbocycles. The summed E-state index contributed by atoms with van der Waals surface area (Å²) >= 11 is 0. The SMILES string of the molecule is Cc1nc(C)c(Cn2cnc(C(F)(F)C(F)(F)F)c(Oc3cc(C(F)F)cc(C#N)c3C)c2=O)c(=O)[nH]1. The zero-order chi connectivity index (χ0) is 27.9. The van der Waals surface area contributed by atoms with Crippen LogP contribution in [0.4, 0.5) is 30.7 Å². The Morgan fingerprint density at radius 1 is 1.14 bits per heavy atom. The summed E-state index contributed by atoms with van der Waals surface area (Å²) in [6.45, 7) is 3.38. The number of aromatic nitrogens is 4. The van der Waals surface area contributed by atoms with E-state index in [4.69, 9.17) is 4.74 Å². The van der Waals surface area contributed by atoms with Crippen LogP contribution in [0, 0.1) is 32.1 Å². The van der Waals surface area contributed by atoms with Gasteiger partial charge < -0.3 is 9.72 Å². The Labute approximate surface area is 203 Å². The number of nitrogens with one attached hydrogen (secondary N) is 1. The van der Waals surface area contributed by atoms with Gasteiger partial charge in [0, 0.05) is 16.8 Å². The average Bonchev–Trinajstić information content (AvgIpc) is 2.78.